The van der Waals surface area contributed by atoms with Crippen molar-refractivity contribution in [1.29, 1.82) is 0 Å². The Morgan fingerprint density at radius 3 is 2.87 bits per heavy atom. The summed E-state index contributed by atoms with van der Waals surface area (Å²) in [7, 11) is 0. The van der Waals surface area contributed by atoms with Crippen LogP contribution in [0.3, 0.4) is 0 Å². The minimum atomic E-state index is -0.0612. The average molecular weight is 403 g/mol. The SMILES string of the molecule is O=C(NCc1ccno1)[C@@H]1CCCN(c2nc(-c3ccccc3)nc3c2CCC3)C1. The molecule has 1 fully saturated rings. The fourth-order valence-corrected chi connectivity index (χ4v) is 4.43. The Morgan fingerprint density at radius 2 is 2.03 bits per heavy atom. The van der Waals surface area contributed by atoms with E-state index >= 15 is 0 Å². The second-order valence-corrected chi connectivity index (χ2v) is 8.00. The maximum absolute atomic E-state index is 12.8. The molecule has 1 aliphatic carbocycles. The lowest BCUT2D eigenvalue weighted by Gasteiger charge is -2.34. The Morgan fingerprint density at radius 1 is 1.13 bits per heavy atom. The second-order valence-electron chi connectivity index (χ2n) is 8.00. The molecule has 7 nitrogen and oxygen atoms in total. The van der Waals surface area contributed by atoms with E-state index < -0.39 is 0 Å². The molecule has 1 saturated heterocycles. The molecule has 0 saturated carbocycles. The molecule has 0 unspecified atom stereocenters. The molecule has 2 aromatic heterocycles. The van der Waals surface area contributed by atoms with Crippen LogP contribution in [0, 0.1) is 5.92 Å². The predicted molar refractivity (Wildman–Crippen MR) is 113 cm³/mol. The number of fused-ring (bicyclic) bond motifs is 1. The van der Waals surface area contributed by atoms with Gasteiger partial charge in [0.15, 0.2) is 11.6 Å². The zero-order chi connectivity index (χ0) is 20.3. The number of rotatable bonds is 5. The highest BCUT2D eigenvalue weighted by Crippen LogP contribution is 2.33. The van der Waals surface area contributed by atoms with E-state index in [2.05, 4.69) is 27.5 Å². The summed E-state index contributed by atoms with van der Waals surface area (Å²) in [5.41, 5.74) is 3.46. The van der Waals surface area contributed by atoms with Crippen LogP contribution in [-0.4, -0.2) is 34.1 Å². The lowest BCUT2D eigenvalue weighted by molar-refractivity contribution is -0.125. The summed E-state index contributed by atoms with van der Waals surface area (Å²) in [6.45, 7) is 1.97. The minimum Gasteiger partial charge on any atom is -0.360 e. The maximum atomic E-state index is 12.8. The molecule has 0 radical (unpaired) electrons. The number of aryl methyl sites for hydroxylation is 1. The van der Waals surface area contributed by atoms with Crippen LogP contribution >= 0.6 is 0 Å². The first kappa shape index (κ1) is 18.8. The van der Waals surface area contributed by atoms with Crippen molar-refractivity contribution in [3.63, 3.8) is 0 Å². The smallest absolute Gasteiger partial charge is 0.225 e. The summed E-state index contributed by atoms with van der Waals surface area (Å²) in [6.07, 6.45) is 6.57. The van der Waals surface area contributed by atoms with Gasteiger partial charge in [0.1, 0.15) is 5.82 Å². The Labute approximate surface area is 175 Å². The Kier molecular flexibility index (Phi) is 5.17. The molecule has 2 aliphatic rings. The Balaban J connectivity index is 1.37. The molecule has 1 aromatic carbocycles. The first-order valence-electron chi connectivity index (χ1n) is 10.7. The molecule has 7 heteroatoms. The molecule has 1 amide bonds. The molecule has 1 aliphatic heterocycles. The first-order valence-corrected chi connectivity index (χ1v) is 10.7. The van der Waals surface area contributed by atoms with Crippen molar-refractivity contribution in [2.24, 2.45) is 5.92 Å². The van der Waals surface area contributed by atoms with E-state index in [1.807, 2.05) is 18.2 Å². The molecule has 1 N–H and O–H groups in total. The van der Waals surface area contributed by atoms with Gasteiger partial charge in [0.05, 0.1) is 18.7 Å². The van der Waals surface area contributed by atoms with Gasteiger partial charge in [-0.3, -0.25) is 4.79 Å². The number of nitrogens with one attached hydrogen (secondary N) is 1. The topological polar surface area (TPSA) is 84.2 Å². The van der Waals surface area contributed by atoms with Crippen molar-refractivity contribution in [1.82, 2.24) is 20.4 Å². The summed E-state index contributed by atoms with van der Waals surface area (Å²) in [4.78, 5) is 24.9. The van der Waals surface area contributed by atoms with E-state index in [9.17, 15) is 4.79 Å². The van der Waals surface area contributed by atoms with Gasteiger partial charge >= 0.3 is 0 Å². The van der Waals surface area contributed by atoms with Crippen LogP contribution in [0.25, 0.3) is 11.4 Å². The van der Waals surface area contributed by atoms with Gasteiger partial charge < -0.3 is 14.7 Å². The maximum Gasteiger partial charge on any atom is 0.225 e. The molecule has 0 bridgehead atoms. The second kappa shape index (κ2) is 8.26. The quantitative estimate of drug-likeness (QED) is 0.705. The largest absolute Gasteiger partial charge is 0.360 e. The molecule has 0 spiro atoms. The van der Waals surface area contributed by atoms with E-state index in [0.29, 0.717) is 18.8 Å². The highest BCUT2D eigenvalue weighted by atomic mass is 16.5. The monoisotopic (exact) mass is 403 g/mol. The Hall–Kier alpha value is -3.22. The number of aromatic nitrogens is 3. The Bertz CT molecular complexity index is 1020. The number of nitrogens with zero attached hydrogens (tertiary/aromatic N) is 4. The zero-order valence-corrected chi connectivity index (χ0v) is 16.9. The van der Waals surface area contributed by atoms with Crippen molar-refractivity contribution >= 4 is 11.7 Å². The average Bonchev–Trinajstić information content (AvgIpc) is 3.49. The van der Waals surface area contributed by atoms with E-state index in [-0.39, 0.29) is 11.8 Å². The van der Waals surface area contributed by atoms with Gasteiger partial charge in [-0.1, -0.05) is 35.5 Å². The van der Waals surface area contributed by atoms with Crippen LogP contribution in [0.5, 0.6) is 0 Å². The third-order valence-electron chi connectivity index (χ3n) is 5.96. The van der Waals surface area contributed by atoms with Crippen molar-refractivity contribution in [3.8, 4) is 11.4 Å². The number of benzene rings is 1. The van der Waals surface area contributed by atoms with Gasteiger partial charge in [0.25, 0.3) is 0 Å². The number of carbonyl (C=O) groups excluding carboxylic acids is 1. The van der Waals surface area contributed by atoms with E-state index in [1.54, 1.807) is 12.3 Å². The van der Waals surface area contributed by atoms with Gasteiger partial charge in [-0.05, 0) is 32.1 Å². The highest BCUT2D eigenvalue weighted by Gasteiger charge is 2.30. The summed E-state index contributed by atoms with van der Waals surface area (Å²) >= 11 is 0. The summed E-state index contributed by atoms with van der Waals surface area (Å²) < 4.78 is 5.08. The molecule has 5 rings (SSSR count). The standard InChI is InChI=1S/C23H25N5O2/c29-23(24-14-18-11-12-25-30-18)17-8-5-13-28(15-17)22-19-9-4-10-20(19)26-21(27-22)16-6-2-1-3-7-16/h1-3,6-7,11-12,17H,4-5,8-10,13-15H2,(H,24,29)/t17-/m1/s1. The number of hydrogen-bond acceptors (Lipinski definition) is 6. The van der Waals surface area contributed by atoms with Crippen LogP contribution in [0.1, 0.15) is 36.3 Å². The molecule has 154 valence electrons. The number of anilines is 1. The first-order chi connectivity index (χ1) is 14.8. The van der Waals surface area contributed by atoms with Crippen molar-refractivity contribution in [2.75, 3.05) is 18.0 Å². The fourth-order valence-electron chi connectivity index (χ4n) is 4.43. The number of amides is 1. The van der Waals surface area contributed by atoms with Crippen LogP contribution in [0.2, 0.25) is 0 Å². The zero-order valence-electron chi connectivity index (χ0n) is 16.9. The van der Waals surface area contributed by atoms with Crippen molar-refractivity contribution in [3.05, 3.63) is 59.6 Å². The van der Waals surface area contributed by atoms with Crippen LogP contribution in [-0.2, 0) is 24.2 Å². The summed E-state index contributed by atoms with van der Waals surface area (Å²) in [5, 5.41) is 6.67. The van der Waals surface area contributed by atoms with Crippen LogP contribution in [0.4, 0.5) is 5.82 Å². The lowest BCUT2D eigenvalue weighted by Crippen LogP contribution is -2.43. The van der Waals surface area contributed by atoms with Crippen molar-refractivity contribution in [2.45, 2.75) is 38.6 Å². The third-order valence-corrected chi connectivity index (χ3v) is 5.96. The summed E-state index contributed by atoms with van der Waals surface area (Å²) in [5.74, 6) is 2.46. The van der Waals surface area contributed by atoms with Crippen molar-refractivity contribution < 1.29 is 9.32 Å². The fraction of sp³-hybridized carbons (Fsp3) is 0.391. The van der Waals surface area contributed by atoms with Gasteiger partial charge in [0.2, 0.25) is 5.91 Å². The molecular formula is C23H25N5O2. The lowest BCUT2D eigenvalue weighted by atomic mass is 9.96. The normalized spacial score (nSPS) is 18.3. The van der Waals surface area contributed by atoms with E-state index in [4.69, 9.17) is 14.5 Å². The number of carbonyl (C=O) groups is 1. The van der Waals surface area contributed by atoms with E-state index in [0.717, 1.165) is 61.5 Å². The number of hydrogen-bond donors (Lipinski definition) is 1. The van der Waals surface area contributed by atoms with Crippen LogP contribution < -0.4 is 10.2 Å². The molecule has 30 heavy (non-hydrogen) atoms. The van der Waals surface area contributed by atoms with Crippen LogP contribution in [0.15, 0.2) is 47.1 Å². The minimum absolute atomic E-state index is 0.0603. The van der Waals surface area contributed by atoms with Gasteiger partial charge in [0, 0.05) is 36.0 Å². The van der Waals surface area contributed by atoms with Gasteiger partial charge in [-0.2, -0.15) is 0 Å². The number of piperidine rings is 1. The predicted octanol–water partition coefficient (Wildman–Crippen LogP) is 3.15. The molecular weight excluding hydrogens is 378 g/mol. The van der Waals surface area contributed by atoms with Gasteiger partial charge in [-0.25, -0.2) is 9.97 Å². The molecule has 3 aromatic rings. The third kappa shape index (κ3) is 3.79. The van der Waals surface area contributed by atoms with E-state index in [1.165, 1.54) is 5.56 Å². The highest BCUT2D eigenvalue weighted by molar-refractivity contribution is 5.79. The van der Waals surface area contributed by atoms with Gasteiger partial charge in [-0.15, -0.1) is 0 Å². The molecule has 1 atom stereocenters. The molecule has 3 heterocycles. The summed E-state index contributed by atoms with van der Waals surface area (Å²) in [6, 6.07) is 11.9.